The quantitative estimate of drug-likeness (QED) is 0.0268. The van der Waals surface area contributed by atoms with Crippen LogP contribution in [0.15, 0.2) is 103 Å². The van der Waals surface area contributed by atoms with Crippen LogP contribution in [-0.4, -0.2) is 85.6 Å². The highest BCUT2D eigenvalue weighted by Crippen LogP contribution is 2.45. The molecule has 1 aliphatic heterocycles. The van der Waals surface area contributed by atoms with Crippen molar-refractivity contribution in [1.82, 2.24) is 4.90 Å². The molecule has 0 saturated carbocycles. The number of unbranched alkanes of at least 4 members (excludes halogenated alkanes) is 15. The van der Waals surface area contributed by atoms with E-state index in [0.717, 1.165) is 61.6 Å². The summed E-state index contributed by atoms with van der Waals surface area (Å²) < 4.78 is 6.01. The van der Waals surface area contributed by atoms with Crippen LogP contribution in [0.25, 0.3) is 0 Å². The van der Waals surface area contributed by atoms with Crippen molar-refractivity contribution in [2.45, 2.75) is 190 Å². The molecule has 3 aromatic carbocycles. The van der Waals surface area contributed by atoms with Gasteiger partial charge in [0.15, 0.2) is 0 Å². The number of aliphatic hydroxyl groups is 5. The van der Waals surface area contributed by atoms with Gasteiger partial charge in [0.1, 0.15) is 30.0 Å². The fourth-order valence-corrected chi connectivity index (χ4v) is 9.07. The molecule has 0 aromatic heterocycles. The molecule has 0 radical (unpaired) electrons. The number of aliphatic hydroxyl groups excluding tert-OH is 5. The number of amides is 1. The van der Waals surface area contributed by atoms with E-state index in [1.165, 1.54) is 57.8 Å². The van der Waals surface area contributed by atoms with Crippen LogP contribution in [0, 0.1) is 0 Å². The zero-order chi connectivity index (χ0) is 43.0. The summed E-state index contributed by atoms with van der Waals surface area (Å²) in [4.78, 5) is 17.3. The first-order valence-electron chi connectivity index (χ1n) is 23.4. The Morgan fingerprint density at radius 3 is 1.53 bits per heavy atom. The topological polar surface area (TPSA) is 131 Å². The average Bonchev–Trinajstić information content (AvgIpc) is 3.28. The monoisotopic (exact) mass is 828 g/mol. The predicted molar refractivity (Wildman–Crippen MR) is 242 cm³/mol. The number of carbonyl (C=O) groups excluding carboxylic acids is 1. The Labute approximate surface area is 361 Å². The number of carbonyl (C=O) groups is 1. The van der Waals surface area contributed by atoms with Gasteiger partial charge in [0.2, 0.25) is 5.91 Å². The molecule has 8 nitrogen and oxygen atoms in total. The third-order valence-electron chi connectivity index (χ3n) is 12.5. The Kier molecular flexibility index (Phi) is 22.6. The number of rotatable bonds is 29. The molecule has 1 heterocycles. The van der Waals surface area contributed by atoms with Gasteiger partial charge in [0.25, 0.3) is 0 Å². The number of allylic oxidation sites excluding steroid dienone is 1. The highest BCUT2D eigenvalue weighted by atomic mass is 16.5. The summed E-state index contributed by atoms with van der Waals surface area (Å²) in [7, 11) is 0. The lowest BCUT2D eigenvalue weighted by Crippen LogP contribution is -2.60. The molecule has 1 saturated heterocycles. The SMILES string of the molecule is CCCCCCCCCCCCC/C=C/C(O)C(CC[C@H]1O[C@@H](CO)[C@@H](O)[C@@H](O)[C@@H]1O)N(C(=O)CCCCCCC)C(c1ccccc1)(c1ccccc1)c1ccccc1. The van der Waals surface area contributed by atoms with Crippen molar-refractivity contribution in [2.24, 2.45) is 0 Å². The number of benzene rings is 3. The number of ether oxygens (including phenoxy) is 1. The molecule has 1 amide bonds. The molecule has 0 aliphatic carbocycles. The standard InChI is InChI=1S/C52H77NO7/c1-3-5-7-9-10-11-12-13-14-15-16-18-28-36-45(55)44(38-39-46-49(57)51(59)50(58)47(40-54)60-46)53(48(56)37-29-17-8-6-4-2)52(41-30-22-19-23-31-41,42-32-24-20-25-33-42)43-34-26-21-27-35-43/h19-28,30-36,44-47,49-51,54-55,57-59H,3-18,29,37-40H2,1-2H3/b36-28+/t44?,45?,46-,47+,49-,50-,51+/m1/s1. The van der Waals surface area contributed by atoms with E-state index in [1.54, 1.807) is 0 Å². The molecule has 3 aromatic rings. The van der Waals surface area contributed by atoms with Gasteiger partial charge >= 0.3 is 0 Å². The van der Waals surface area contributed by atoms with Crippen molar-refractivity contribution in [2.75, 3.05) is 6.61 Å². The molecule has 1 fully saturated rings. The van der Waals surface area contributed by atoms with Gasteiger partial charge in [-0.25, -0.2) is 0 Å². The Hall–Kier alpha value is -3.37. The third kappa shape index (κ3) is 14.1. The minimum atomic E-state index is -1.52. The molecule has 332 valence electrons. The van der Waals surface area contributed by atoms with Crippen LogP contribution in [0.4, 0.5) is 0 Å². The summed E-state index contributed by atoms with van der Waals surface area (Å²) in [5, 5.41) is 55.0. The summed E-state index contributed by atoms with van der Waals surface area (Å²) in [6.45, 7) is 3.90. The summed E-state index contributed by atoms with van der Waals surface area (Å²) in [6.07, 6.45) is 16.4. The highest BCUT2D eigenvalue weighted by Gasteiger charge is 2.50. The summed E-state index contributed by atoms with van der Waals surface area (Å²) >= 11 is 0. The average molecular weight is 828 g/mol. The third-order valence-corrected chi connectivity index (χ3v) is 12.5. The fourth-order valence-electron chi connectivity index (χ4n) is 9.07. The van der Waals surface area contributed by atoms with Gasteiger partial charge in [0.05, 0.1) is 24.9 Å². The lowest BCUT2D eigenvalue weighted by Gasteiger charge is -2.50. The Morgan fingerprint density at radius 2 is 1.07 bits per heavy atom. The zero-order valence-corrected chi connectivity index (χ0v) is 36.7. The highest BCUT2D eigenvalue weighted by molar-refractivity contribution is 5.80. The van der Waals surface area contributed by atoms with Crippen molar-refractivity contribution in [3.8, 4) is 0 Å². The van der Waals surface area contributed by atoms with Crippen LogP contribution in [-0.2, 0) is 15.1 Å². The van der Waals surface area contributed by atoms with Crippen LogP contribution in [0.1, 0.15) is 159 Å². The summed E-state index contributed by atoms with van der Waals surface area (Å²) in [5.41, 5.74) is 1.44. The van der Waals surface area contributed by atoms with Crippen molar-refractivity contribution in [1.29, 1.82) is 0 Å². The second-order valence-corrected chi connectivity index (χ2v) is 17.0. The van der Waals surface area contributed by atoms with E-state index < -0.39 is 54.8 Å². The molecule has 7 atom stereocenters. The molecule has 5 N–H and O–H groups in total. The lowest BCUT2D eigenvalue weighted by atomic mass is 9.73. The normalized spacial score (nSPS) is 20.6. The second kappa shape index (κ2) is 27.5. The molecule has 1 aliphatic rings. The fraction of sp³-hybridized carbons (Fsp3) is 0.596. The number of hydrogen-bond acceptors (Lipinski definition) is 7. The van der Waals surface area contributed by atoms with E-state index in [0.29, 0.717) is 6.42 Å². The van der Waals surface area contributed by atoms with E-state index in [4.69, 9.17) is 4.74 Å². The Balaban J connectivity index is 1.73. The Morgan fingerprint density at radius 1 is 0.633 bits per heavy atom. The van der Waals surface area contributed by atoms with Crippen molar-refractivity contribution < 1.29 is 35.1 Å². The predicted octanol–water partition coefficient (Wildman–Crippen LogP) is 9.78. The maximum Gasteiger partial charge on any atom is 0.224 e. The first-order chi connectivity index (χ1) is 29.3. The second-order valence-electron chi connectivity index (χ2n) is 17.0. The molecule has 60 heavy (non-hydrogen) atoms. The van der Waals surface area contributed by atoms with Crippen LogP contribution in [0.2, 0.25) is 0 Å². The molecule has 8 heteroatoms. The summed E-state index contributed by atoms with van der Waals surface area (Å²) in [5.74, 6) is -0.0975. The van der Waals surface area contributed by atoms with Crippen LogP contribution < -0.4 is 0 Å². The first-order valence-corrected chi connectivity index (χ1v) is 23.4. The number of nitrogens with zero attached hydrogens (tertiary/aromatic N) is 1. The van der Waals surface area contributed by atoms with Crippen molar-refractivity contribution >= 4 is 5.91 Å². The maximum atomic E-state index is 15.4. The molecule has 2 unspecified atom stereocenters. The van der Waals surface area contributed by atoms with Gasteiger partial charge in [-0.2, -0.15) is 0 Å². The van der Waals surface area contributed by atoms with Gasteiger partial charge in [-0.15, -0.1) is 0 Å². The van der Waals surface area contributed by atoms with E-state index in [9.17, 15) is 25.5 Å². The van der Waals surface area contributed by atoms with Crippen LogP contribution >= 0.6 is 0 Å². The largest absolute Gasteiger partial charge is 0.394 e. The van der Waals surface area contributed by atoms with Crippen molar-refractivity contribution in [3.63, 3.8) is 0 Å². The molecular weight excluding hydrogens is 751 g/mol. The van der Waals surface area contributed by atoms with Crippen LogP contribution in [0.3, 0.4) is 0 Å². The van der Waals surface area contributed by atoms with E-state index in [1.807, 2.05) is 108 Å². The van der Waals surface area contributed by atoms with Gasteiger partial charge in [-0.3, -0.25) is 4.79 Å². The number of hydrogen-bond donors (Lipinski definition) is 5. The minimum absolute atomic E-state index is 0.0975. The first kappa shape index (κ1) is 49.3. The van der Waals surface area contributed by atoms with Gasteiger partial charge in [0, 0.05) is 6.42 Å². The van der Waals surface area contributed by atoms with E-state index >= 15 is 4.79 Å². The lowest BCUT2D eigenvalue weighted by molar-refractivity contribution is -0.231. The van der Waals surface area contributed by atoms with Gasteiger partial charge < -0.3 is 35.2 Å². The van der Waals surface area contributed by atoms with Crippen LogP contribution in [0.5, 0.6) is 0 Å². The smallest absolute Gasteiger partial charge is 0.224 e. The molecule has 0 spiro atoms. The molecule has 4 rings (SSSR count). The van der Waals surface area contributed by atoms with E-state index in [2.05, 4.69) is 13.8 Å². The summed E-state index contributed by atoms with van der Waals surface area (Å²) in [6, 6.07) is 29.3. The van der Waals surface area contributed by atoms with Gasteiger partial charge in [-0.05, 0) is 48.8 Å². The van der Waals surface area contributed by atoms with E-state index in [-0.39, 0.29) is 25.2 Å². The molecular formula is C52H77NO7. The van der Waals surface area contributed by atoms with Gasteiger partial charge in [-0.1, -0.05) is 207 Å². The molecule has 0 bridgehead atoms. The van der Waals surface area contributed by atoms with Crippen molar-refractivity contribution in [3.05, 3.63) is 120 Å². The maximum absolute atomic E-state index is 15.4. The zero-order valence-electron chi connectivity index (χ0n) is 36.7. The Bertz CT molecular complexity index is 1490. The minimum Gasteiger partial charge on any atom is -0.394 e.